The van der Waals surface area contributed by atoms with Gasteiger partial charge in [-0.1, -0.05) is 36.4 Å². The Kier molecular flexibility index (Phi) is 2.93. The van der Waals surface area contributed by atoms with Crippen LogP contribution in [0.3, 0.4) is 0 Å². The molecule has 1 aliphatic carbocycles. The van der Waals surface area contributed by atoms with Crippen LogP contribution in [0.1, 0.15) is 28.8 Å². The zero-order chi connectivity index (χ0) is 15.1. The van der Waals surface area contributed by atoms with E-state index in [9.17, 15) is 4.79 Å². The van der Waals surface area contributed by atoms with Gasteiger partial charge in [-0.05, 0) is 48.6 Å². The normalized spacial score (nSPS) is 15.4. The van der Waals surface area contributed by atoms with Crippen molar-refractivity contribution in [2.45, 2.75) is 19.8 Å². The minimum Gasteiger partial charge on any atom is -0.269 e. The maximum absolute atomic E-state index is 12.7. The number of fused-ring (bicyclic) bond motifs is 2. The van der Waals surface area contributed by atoms with Gasteiger partial charge in [0.05, 0.1) is 5.69 Å². The number of aromatic nitrogens is 2. The van der Waals surface area contributed by atoms with Gasteiger partial charge < -0.3 is 0 Å². The lowest BCUT2D eigenvalue weighted by molar-refractivity contribution is 0.965. The van der Waals surface area contributed by atoms with Gasteiger partial charge in [-0.15, -0.1) is 0 Å². The smallest absolute Gasteiger partial charge is 0.261 e. The molecule has 1 aromatic carbocycles. The monoisotopic (exact) mass is 288 g/mol. The lowest BCUT2D eigenvalue weighted by atomic mass is 10.1. The van der Waals surface area contributed by atoms with Gasteiger partial charge in [0, 0.05) is 11.8 Å². The first-order chi connectivity index (χ1) is 10.7. The first kappa shape index (κ1) is 13.0. The fraction of sp³-hybridized carbons (Fsp3) is 0.158. The molecule has 0 fully saturated rings. The van der Waals surface area contributed by atoms with Crippen LogP contribution in [0.2, 0.25) is 0 Å². The summed E-state index contributed by atoms with van der Waals surface area (Å²) >= 11 is 0. The van der Waals surface area contributed by atoms with Crippen LogP contribution in [0.4, 0.5) is 0 Å². The molecule has 4 rings (SSSR count). The molecule has 0 amide bonds. The van der Waals surface area contributed by atoms with Gasteiger partial charge in [0.15, 0.2) is 0 Å². The maximum atomic E-state index is 12.7. The molecule has 2 heterocycles. The second kappa shape index (κ2) is 4.95. The van der Waals surface area contributed by atoms with E-state index in [0.29, 0.717) is 0 Å². The average Bonchev–Trinajstić information content (AvgIpc) is 2.93. The first-order valence-corrected chi connectivity index (χ1v) is 7.50. The Morgan fingerprint density at radius 3 is 2.73 bits per heavy atom. The van der Waals surface area contributed by atoms with Gasteiger partial charge in [0.1, 0.15) is 5.65 Å². The molecule has 0 N–H and O–H groups in total. The van der Waals surface area contributed by atoms with Crippen molar-refractivity contribution < 1.29 is 0 Å². The fourth-order valence-corrected chi connectivity index (χ4v) is 3.04. The number of rotatable bonds is 1. The van der Waals surface area contributed by atoms with E-state index in [1.54, 1.807) is 4.40 Å². The van der Waals surface area contributed by atoms with Crippen LogP contribution < -0.4 is 5.56 Å². The largest absolute Gasteiger partial charge is 0.269 e. The van der Waals surface area contributed by atoms with Gasteiger partial charge in [0.25, 0.3) is 5.56 Å². The lowest BCUT2D eigenvalue weighted by Gasteiger charge is -2.06. The minimum atomic E-state index is 0.0696. The molecule has 0 aliphatic heterocycles. The summed E-state index contributed by atoms with van der Waals surface area (Å²) in [7, 11) is 0. The summed E-state index contributed by atoms with van der Waals surface area (Å²) in [6.07, 6.45) is 5.66. The topological polar surface area (TPSA) is 34.4 Å². The van der Waals surface area contributed by atoms with Gasteiger partial charge in [-0.25, -0.2) is 4.98 Å². The highest BCUT2D eigenvalue weighted by Crippen LogP contribution is 2.30. The van der Waals surface area contributed by atoms with Crippen molar-refractivity contribution in [3.05, 3.63) is 81.4 Å². The quantitative estimate of drug-likeness (QED) is 0.687. The highest BCUT2D eigenvalue weighted by molar-refractivity contribution is 5.84. The van der Waals surface area contributed by atoms with Crippen LogP contribution in [-0.2, 0) is 6.42 Å². The molecule has 0 spiro atoms. The highest BCUT2D eigenvalue weighted by atomic mass is 16.1. The Bertz CT molecular complexity index is 952. The molecule has 1 aliphatic rings. The summed E-state index contributed by atoms with van der Waals surface area (Å²) in [6, 6.07) is 14.1. The third-order valence-corrected chi connectivity index (χ3v) is 4.15. The van der Waals surface area contributed by atoms with Crippen molar-refractivity contribution in [1.29, 1.82) is 0 Å². The predicted molar refractivity (Wildman–Crippen MR) is 88.8 cm³/mol. The molecular formula is C19H16N2O. The summed E-state index contributed by atoms with van der Waals surface area (Å²) in [4.78, 5) is 17.4. The number of nitrogens with zero attached hydrogens (tertiary/aromatic N) is 2. The van der Waals surface area contributed by atoms with Crippen molar-refractivity contribution in [2.24, 2.45) is 0 Å². The maximum Gasteiger partial charge on any atom is 0.261 e. The van der Waals surface area contributed by atoms with Gasteiger partial charge >= 0.3 is 0 Å². The zero-order valence-electron chi connectivity index (χ0n) is 12.4. The van der Waals surface area contributed by atoms with Crippen molar-refractivity contribution in [1.82, 2.24) is 9.38 Å². The van der Waals surface area contributed by atoms with E-state index in [4.69, 9.17) is 4.98 Å². The molecule has 0 saturated heterocycles. The van der Waals surface area contributed by atoms with Crippen LogP contribution in [0, 0.1) is 6.92 Å². The second-order valence-electron chi connectivity index (χ2n) is 5.76. The fourth-order valence-electron chi connectivity index (χ4n) is 3.04. The summed E-state index contributed by atoms with van der Waals surface area (Å²) in [5.74, 6) is 0. The van der Waals surface area contributed by atoms with Crippen LogP contribution in [0.15, 0.2) is 53.5 Å². The number of aryl methyl sites for hydroxylation is 1. The molecule has 3 aromatic rings. The van der Waals surface area contributed by atoms with Crippen molar-refractivity contribution in [3.8, 4) is 0 Å². The molecule has 0 bridgehead atoms. The van der Waals surface area contributed by atoms with Crippen molar-refractivity contribution in [3.63, 3.8) is 0 Å². The third kappa shape index (κ3) is 2.06. The van der Waals surface area contributed by atoms with Crippen LogP contribution in [0.25, 0.3) is 17.3 Å². The number of pyridine rings is 1. The van der Waals surface area contributed by atoms with E-state index in [-0.39, 0.29) is 5.56 Å². The molecule has 0 atom stereocenters. The van der Waals surface area contributed by atoms with Crippen molar-refractivity contribution in [2.75, 3.05) is 0 Å². The average molecular weight is 288 g/mol. The molecule has 3 nitrogen and oxygen atoms in total. The van der Waals surface area contributed by atoms with Gasteiger partial charge in [-0.2, -0.15) is 0 Å². The number of allylic oxidation sites excluding steroid dienone is 1. The second-order valence-corrected chi connectivity index (χ2v) is 5.76. The van der Waals surface area contributed by atoms with E-state index in [1.165, 1.54) is 0 Å². The van der Waals surface area contributed by atoms with E-state index < -0.39 is 0 Å². The molecule has 108 valence electrons. The standard InChI is InChI=1S/C19H16N2O/c1-13-7-10-17-20-18-15(11-14-5-3-2-4-6-14)8-9-16(18)19(22)21(17)12-13/h2-7,10-12H,8-9H2,1H3. The third-order valence-electron chi connectivity index (χ3n) is 4.15. The molecule has 2 aromatic heterocycles. The summed E-state index contributed by atoms with van der Waals surface area (Å²) < 4.78 is 1.67. The molecule has 0 saturated carbocycles. The van der Waals surface area contributed by atoms with Gasteiger partial charge in [0.2, 0.25) is 0 Å². The zero-order valence-corrected chi connectivity index (χ0v) is 12.4. The highest BCUT2D eigenvalue weighted by Gasteiger charge is 2.22. The minimum absolute atomic E-state index is 0.0696. The first-order valence-electron chi connectivity index (χ1n) is 7.50. The lowest BCUT2D eigenvalue weighted by Crippen LogP contribution is -2.19. The Morgan fingerprint density at radius 2 is 1.91 bits per heavy atom. The Labute approximate surface area is 128 Å². The summed E-state index contributed by atoms with van der Waals surface area (Å²) in [5, 5.41) is 0. The Hall–Kier alpha value is -2.68. The van der Waals surface area contributed by atoms with E-state index in [1.807, 2.05) is 43.5 Å². The summed E-state index contributed by atoms with van der Waals surface area (Å²) in [5.41, 5.74) is 5.87. The molecule has 22 heavy (non-hydrogen) atoms. The Morgan fingerprint density at radius 1 is 1.09 bits per heavy atom. The predicted octanol–water partition coefficient (Wildman–Crippen LogP) is 3.49. The van der Waals surface area contributed by atoms with Crippen LogP contribution in [0.5, 0.6) is 0 Å². The Balaban J connectivity index is 1.92. The number of hydrogen-bond donors (Lipinski definition) is 0. The van der Waals surface area contributed by atoms with Gasteiger partial charge in [-0.3, -0.25) is 9.20 Å². The molecule has 0 radical (unpaired) electrons. The van der Waals surface area contributed by atoms with E-state index >= 15 is 0 Å². The van der Waals surface area contributed by atoms with E-state index in [2.05, 4.69) is 18.2 Å². The van der Waals surface area contributed by atoms with Crippen LogP contribution in [-0.4, -0.2) is 9.38 Å². The molecular weight excluding hydrogens is 272 g/mol. The molecule has 0 unspecified atom stereocenters. The summed E-state index contributed by atoms with van der Waals surface area (Å²) in [6.45, 7) is 1.99. The number of hydrogen-bond acceptors (Lipinski definition) is 2. The van der Waals surface area contributed by atoms with Crippen molar-refractivity contribution >= 4 is 17.3 Å². The number of benzene rings is 1. The molecule has 3 heteroatoms. The SMILES string of the molecule is Cc1ccc2nc3c(c(=O)n2c1)CCC3=Cc1ccccc1. The van der Waals surface area contributed by atoms with Crippen LogP contribution >= 0.6 is 0 Å². The van der Waals surface area contributed by atoms with E-state index in [0.717, 1.165) is 46.4 Å².